The molecule has 1 aliphatic rings. The highest BCUT2D eigenvalue weighted by molar-refractivity contribution is 7.13. The number of nitrogens with one attached hydrogen (secondary N) is 1. The van der Waals surface area contributed by atoms with E-state index < -0.39 is 0 Å². The van der Waals surface area contributed by atoms with Crippen LogP contribution in [-0.2, 0) is 9.47 Å². The number of hydrogen-bond donors (Lipinski definition) is 1. The number of amides is 1. The van der Waals surface area contributed by atoms with Crippen LogP contribution >= 0.6 is 11.3 Å². The Bertz CT molecular complexity index is 818. The lowest BCUT2D eigenvalue weighted by atomic mass is 9.92. The van der Waals surface area contributed by atoms with Crippen LogP contribution in [0.3, 0.4) is 0 Å². The average molecular weight is 417 g/mol. The van der Waals surface area contributed by atoms with Gasteiger partial charge in [-0.1, -0.05) is 12.7 Å². The van der Waals surface area contributed by atoms with E-state index in [4.69, 9.17) is 9.47 Å². The normalized spacial score (nSPS) is 19.1. The molecule has 5 nitrogen and oxygen atoms in total. The van der Waals surface area contributed by atoms with Crippen LogP contribution in [0.25, 0.3) is 16.5 Å². The summed E-state index contributed by atoms with van der Waals surface area (Å²) < 4.78 is 11.0. The molecule has 1 saturated carbocycles. The van der Waals surface area contributed by atoms with Crippen LogP contribution in [0.2, 0.25) is 0 Å². The molecule has 1 amide bonds. The van der Waals surface area contributed by atoms with Gasteiger partial charge in [0.1, 0.15) is 0 Å². The summed E-state index contributed by atoms with van der Waals surface area (Å²) in [5.74, 6) is -0.0289. The number of nitrogens with zero attached hydrogens (tertiary/aromatic N) is 1. The van der Waals surface area contributed by atoms with Crippen LogP contribution in [0.15, 0.2) is 30.4 Å². The maximum atomic E-state index is 13.1. The zero-order chi connectivity index (χ0) is 20.6. The molecule has 0 bridgehead atoms. The molecule has 1 fully saturated rings. The Morgan fingerprint density at radius 3 is 2.79 bits per heavy atom. The van der Waals surface area contributed by atoms with Crippen LogP contribution in [0.4, 0.5) is 0 Å². The second kappa shape index (κ2) is 10.7. The van der Waals surface area contributed by atoms with Crippen LogP contribution in [0, 0.1) is 6.92 Å². The summed E-state index contributed by atoms with van der Waals surface area (Å²) in [6, 6.07) is 4.23. The molecule has 1 N–H and O–H groups in total. The summed E-state index contributed by atoms with van der Waals surface area (Å²) in [6.07, 6.45) is 8.66. The van der Waals surface area contributed by atoms with Crippen molar-refractivity contribution >= 4 is 23.3 Å². The summed E-state index contributed by atoms with van der Waals surface area (Å²) >= 11 is 1.57. The van der Waals surface area contributed by atoms with E-state index >= 15 is 0 Å². The summed E-state index contributed by atoms with van der Waals surface area (Å²) in [6.45, 7) is 7.40. The molecule has 2 aromatic rings. The Kier molecular flexibility index (Phi) is 7.98. The Labute approximate surface area is 178 Å². The molecule has 1 aromatic carbocycles. The Morgan fingerprint density at radius 1 is 1.34 bits per heavy atom. The second-order valence-corrected chi connectivity index (χ2v) is 8.37. The van der Waals surface area contributed by atoms with Crippen molar-refractivity contribution in [1.82, 2.24) is 10.3 Å². The first-order chi connectivity index (χ1) is 14.1. The van der Waals surface area contributed by atoms with E-state index in [9.17, 15) is 4.79 Å². The molecule has 0 atom stereocenters. The third kappa shape index (κ3) is 5.75. The highest BCUT2D eigenvalue weighted by atomic mass is 32.1. The quantitative estimate of drug-likeness (QED) is 0.578. The Hall–Kier alpha value is -2.02. The molecule has 1 heterocycles. The molecule has 0 aliphatic heterocycles. The molecule has 0 spiro atoms. The molecular weight excluding hydrogens is 384 g/mol. The second-order valence-electron chi connectivity index (χ2n) is 7.49. The van der Waals surface area contributed by atoms with Gasteiger partial charge >= 0.3 is 0 Å². The van der Waals surface area contributed by atoms with Gasteiger partial charge in [0.2, 0.25) is 0 Å². The van der Waals surface area contributed by atoms with Gasteiger partial charge in [-0.3, -0.25) is 9.78 Å². The molecule has 158 valence electrons. The Balaban J connectivity index is 0.00000320. The SMILES string of the molecule is C=Cc1c(C)cc(-c2cncs2)cc1C(=O)NC1CCC(OCCCOC)CC1.[HH]. The van der Waals surface area contributed by atoms with Gasteiger partial charge in [0, 0.05) is 39.6 Å². The van der Waals surface area contributed by atoms with Crippen LogP contribution in [-0.4, -0.2) is 43.4 Å². The summed E-state index contributed by atoms with van der Waals surface area (Å²) in [5.41, 5.74) is 5.45. The Morgan fingerprint density at radius 2 is 2.14 bits per heavy atom. The molecular formula is C23H32N2O3S. The van der Waals surface area contributed by atoms with Crippen molar-refractivity contribution in [2.75, 3.05) is 20.3 Å². The number of aryl methyl sites for hydroxylation is 1. The van der Waals surface area contributed by atoms with E-state index in [0.717, 1.165) is 66.9 Å². The molecule has 0 unspecified atom stereocenters. The highest BCUT2D eigenvalue weighted by Crippen LogP contribution is 2.29. The predicted octanol–water partition coefficient (Wildman–Crippen LogP) is 5.10. The van der Waals surface area contributed by atoms with E-state index in [1.807, 2.05) is 24.7 Å². The lowest BCUT2D eigenvalue weighted by Crippen LogP contribution is -2.39. The molecule has 0 radical (unpaired) electrons. The van der Waals surface area contributed by atoms with Gasteiger partial charge in [0.15, 0.2) is 0 Å². The van der Waals surface area contributed by atoms with Crippen molar-refractivity contribution in [1.29, 1.82) is 0 Å². The largest absolute Gasteiger partial charge is 0.385 e. The van der Waals surface area contributed by atoms with E-state index in [1.54, 1.807) is 24.5 Å². The van der Waals surface area contributed by atoms with Gasteiger partial charge in [-0.25, -0.2) is 0 Å². The maximum absolute atomic E-state index is 13.1. The number of carbonyl (C=O) groups excluding carboxylic acids is 1. The zero-order valence-electron chi connectivity index (χ0n) is 17.3. The summed E-state index contributed by atoms with van der Waals surface area (Å²) in [5, 5.41) is 3.23. The predicted molar refractivity (Wildman–Crippen MR) is 120 cm³/mol. The van der Waals surface area contributed by atoms with Crippen molar-refractivity contribution in [2.24, 2.45) is 0 Å². The first-order valence-corrected chi connectivity index (χ1v) is 11.1. The molecule has 1 aromatic heterocycles. The van der Waals surface area contributed by atoms with E-state index in [1.165, 1.54) is 0 Å². The van der Waals surface area contributed by atoms with Gasteiger partial charge in [-0.05, 0) is 67.9 Å². The van der Waals surface area contributed by atoms with Crippen LogP contribution in [0.1, 0.15) is 55.0 Å². The smallest absolute Gasteiger partial charge is 0.252 e. The highest BCUT2D eigenvalue weighted by Gasteiger charge is 2.24. The minimum absolute atomic E-state index is 0. The van der Waals surface area contributed by atoms with Crippen LogP contribution in [0.5, 0.6) is 0 Å². The van der Waals surface area contributed by atoms with Crippen molar-refractivity contribution in [3.8, 4) is 10.4 Å². The van der Waals surface area contributed by atoms with Crippen molar-refractivity contribution in [3.05, 3.63) is 47.1 Å². The third-order valence-electron chi connectivity index (χ3n) is 5.41. The fourth-order valence-corrected chi connectivity index (χ4v) is 4.46. The minimum Gasteiger partial charge on any atom is -0.385 e. The van der Waals surface area contributed by atoms with E-state index in [0.29, 0.717) is 11.7 Å². The van der Waals surface area contributed by atoms with Gasteiger partial charge in [0.25, 0.3) is 5.91 Å². The summed E-state index contributed by atoms with van der Waals surface area (Å²) in [7, 11) is 1.71. The number of aromatic nitrogens is 1. The number of carbonyl (C=O) groups is 1. The first-order valence-electron chi connectivity index (χ1n) is 10.2. The fourth-order valence-electron chi connectivity index (χ4n) is 3.85. The number of hydrogen-bond acceptors (Lipinski definition) is 5. The minimum atomic E-state index is -0.0289. The standard InChI is InChI=1S/C23H30N2O3S.H2/c1-4-20-16(2)12-17(22-14-24-15-29-22)13-21(20)23(26)25-18-6-8-19(9-7-18)28-11-5-10-27-3;/h4,12-15,18-19H,1,5-11H2,2-3H3,(H,25,26);1H. The van der Waals surface area contributed by atoms with E-state index in [2.05, 4.69) is 22.9 Å². The zero-order valence-corrected chi connectivity index (χ0v) is 18.1. The average Bonchev–Trinajstić information content (AvgIpc) is 3.26. The number of methoxy groups -OCH3 is 1. The molecule has 1 aliphatic carbocycles. The monoisotopic (exact) mass is 416 g/mol. The topological polar surface area (TPSA) is 60.5 Å². The van der Waals surface area contributed by atoms with Gasteiger partial charge in [-0.2, -0.15) is 0 Å². The number of benzene rings is 1. The number of rotatable bonds is 9. The number of ether oxygens (including phenoxy) is 2. The van der Waals surface area contributed by atoms with E-state index in [-0.39, 0.29) is 13.4 Å². The van der Waals surface area contributed by atoms with Gasteiger partial charge < -0.3 is 14.8 Å². The summed E-state index contributed by atoms with van der Waals surface area (Å²) in [4.78, 5) is 18.3. The molecule has 3 rings (SSSR count). The fraction of sp³-hybridized carbons (Fsp3) is 0.478. The number of thiazole rings is 1. The van der Waals surface area contributed by atoms with Gasteiger partial charge in [-0.15, -0.1) is 11.3 Å². The van der Waals surface area contributed by atoms with Crippen molar-refractivity contribution < 1.29 is 15.7 Å². The van der Waals surface area contributed by atoms with Crippen molar-refractivity contribution in [2.45, 2.75) is 51.2 Å². The van der Waals surface area contributed by atoms with Gasteiger partial charge in [0.05, 0.1) is 16.5 Å². The van der Waals surface area contributed by atoms with Crippen LogP contribution < -0.4 is 5.32 Å². The maximum Gasteiger partial charge on any atom is 0.252 e. The molecule has 0 saturated heterocycles. The lowest BCUT2D eigenvalue weighted by Gasteiger charge is -2.29. The third-order valence-corrected chi connectivity index (χ3v) is 6.23. The lowest BCUT2D eigenvalue weighted by molar-refractivity contribution is 0.0131. The molecule has 6 heteroatoms. The first kappa shape index (κ1) is 21.7. The van der Waals surface area contributed by atoms with Crippen molar-refractivity contribution in [3.63, 3.8) is 0 Å². The molecule has 29 heavy (non-hydrogen) atoms.